The van der Waals surface area contributed by atoms with Crippen LogP contribution in [0, 0.1) is 0 Å². The molecular formula is C16H18N4O2S2. The van der Waals surface area contributed by atoms with Crippen LogP contribution in [0.3, 0.4) is 0 Å². The fourth-order valence-electron chi connectivity index (χ4n) is 3.00. The predicted molar refractivity (Wildman–Crippen MR) is 95.4 cm³/mol. The van der Waals surface area contributed by atoms with Crippen LogP contribution in [0.5, 0.6) is 0 Å². The molecule has 1 saturated heterocycles. The quantitative estimate of drug-likeness (QED) is 0.903. The Balaban J connectivity index is 1.45. The number of hydrogen-bond donors (Lipinski definition) is 1. The number of benzene rings is 1. The van der Waals surface area contributed by atoms with Gasteiger partial charge in [0.15, 0.2) is 5.13 Å². The molecule has 1 aromatic heterocycles. The highest BCUT2D eigenvalue weighted by molar-refractivity contribution is 7.90. The molecule has 0 saturated carbocycles. The molecule has 1 N–H and O–H groups in total. The molecule has 2 aliphatic heterocycles. The summed E-state index contributed by atoms with van der Waals surface area (Å²) in [5, 5.41) is 3.16. The van der Waals surface area contributed by atoms with Crippen molar-refractivity contribution >= 4 is 32.3 Å². The second-order valence-corrected chi connectivity index (χ2v) is 8.38. The third kappa shape index (κ3) is 2.91. The van der Waals surface area contributed by atoms with Crippen molar-refractivity contribution < 1.29 is 8.42 Å². The molecule has 8 heteroatoms. The van der Waals surface area contributed by atoms with Gasteiger partial charge in [0.05, 0.1) is 10.6 Å². The molecule has 24 heavy (non-hydrogen) atoms. The maximum Gasteiger partial charge on any atom is 0.263 e. The Hall–Kier alpha value is -1.93. The van der Waals surface area contributed by atoms with Gasteiger partial charge in [-0.05, 0) is 25.0 Å². The molecule has 0 amide bonds. The lowest BCUT2D eigenvalue weighted by Crippen LogP contribution is -2.22. The Bertz CT molecular complexity index is 883. The number of amidine groups is 1. The molecule has 0 aliphatic carbocycles. The largest absolute Gasteiger partial charge is 0.348 e. The standard InChI is InChI=1S/C16H18N4O2S2/c21-24(22)14-6-2-1-5-13(14)15(19-24)17-8-7-12-11-23-16(18-12)20-9-3-4-10-20/h1-2,5-6,11H,3-4,7-10H2,(H,17,19). The number of nitrogens with zero attached hydrogens (tertiary/aromatic N) is 3. The van der Waals surface area contributed by atoms with Gasteiger partial charge in [0, 0.05) is 37.0 Å². The molecule has 2 aromatic rings. The Labute approximate surface area is 145 Å². The fraction of sp³-hybridized carbons (Fsp3) is 0.375. The summed E-state index contributed by atoms with van der Waals surface area (Å²) in [5.74, 6) is 0.431. The number of rotatable bonds is 4. The number of thiazole rings is 1. The Morgan fingerprint density at radius 1 is 1.25 bits per heavy atom. The zero-order chi connectivity index (χ0) is 16.6. The van der Waals surface area contributed by atoms with E-state index in [-0.39, 0.29) is 0 Å². The fourth-order valence-corrected chi connectivity index (χ4v) is 5.16. The average molecular weight is 362 g/mol. The smallest absolute Gasteiger partial charge is 0.263 e. The van der Waals surface area contributed by atoms with E-state index in [2.05, 4.69) is 25.0 Å². The minimum Gasteiger partial charge on any atom is -0.348 e. The zero-order valence-electron chi connectivity index (χ0n) is 13.1. The van der Waals surface area contributed by atoms with E-state index in [1.54, 1.807) is 29.5 Å². The summed E-state index contributed by atoms with van der Waals surface area (Å²) in [6, 6.07) is 6.92. The molecule has 0 spiro atoms. The van der Waals surface area contributed by atoms with Crippen molar-refractivity contribution in [3.05, 3.63) is 40.9 Å². The van der Waals surface area contributed by atoms with E-state index in [0.717, 1.165) is 23.9 Å². The van der Waals surface area contributed by atoms with Gasteiger partial charge >= 0.3 is 0 Å². The van der Waals surface area contributed by atoms with Crippen LogP contribution in [-0.2, 0) is 16.4 Å². The number of fused-ring (bicyclic) bond motifs is 1. The van der Waals surface area contributed by atoms with Crippen molar-refractivity contribution in [3.63, 3.8) is 0 Å². The van der Waals surface area contributed by atoms with Gasteiger partial charge in [0.25, 0.3) is 10.0 Å². The first-order chi connectivity index (χ1) is 11.6. The molecule has 6 nitrogen and oxygen atoms in total. The van der Waals surface area contributed by atoms with Gasteiger partial charge in [-0.15, -0.1) is 11.3 Å². The summed E-state index contributed by atoms with van der Waals surface area (Å²) in [6.07, 6.45) is 3.18. The number of sulfonamides is 1. The molecule has 0 unspecified atom stereocenters. The van der Waals surface area contributed by atoms with E-state index in [0.29, 0.717) is 29.3 Å². The molecule has 2 aliphatic rings. The maximum atomic E-state index is 12.0. The molecule has 0 radical (unpaired) electrons. The molecular weight excluding hydrogens is 344 g/mol. The number of anilines is 1. The molecule has 0 bridgehead atoms. The van der Waals surface area contributed by atoms with E-state index >= 15 is 0 Å². The van der Waals surface area contributed by atoms with Gasteiger partial charge in [0.1, 0.15) is 5.84 Å². The number of aliphatic imine (C=N–C) groups is 1. The van der Waals surface area contributed by atoms with E-state index in [9.17, 15) is 8.42 Å². The minimum atomic E-state index is -3.46. The van der Waals surface area contributed by atoms with Gasteiger partial charge in [-0.1, -0.05) is 12.1 Å². The van der Waals surface area contributed by atoms with E-state index in [4.69, 9.17) is 0 Å². The summed E-state index contributed by atoms with van der Waals surface area (Å²) in [5.41, 5.74) is 1.66. The second kappa shape index (κ2) is 6.18. The molecule has 1 aromatic carbocycles. The third-order valence-electron chi connectivity index (χ3n) is 4.22. The lowest BCUT2D eigenvalue weighted by Gasteiger charge is -2.12. The van der Waals surface area contributed by atoms with Crippen LogP contribution in [-0.4, -0.2) is 38.9 Å². The first-order valence-electron chi connectivity index (χ1n) is 7.99. The van der Waals surface area contributed by atoms with Crippen LogP contribution in [0.4, 0.5) is 5.13 Å². The SMILES string of the molecule is O=S1(=O)NC(=NCCc2csc(N3CCCC3)n2)c2ccccc21. The predicted octanol–water partition coefficient (Wildman–Crippen LogP) is 2.02. The van der Waals surface area contributed by atoms with Crippen LogP contribution in [0.15, 0.2) is 39.5 Å². The highest BCUT2D eigenvalue weighted by atomic mass is 32.2. The summed E-state index contributed by atoms with van der Waals surface area (Å²) in [7, 11) is -3.46. The summed E-state index contributed by atoms with van der Waals surface area (Å²) in [6.45, 7) is 2.69. The monoisotopic (exact) mass is 362 g/mol. The van der Waals surface area contributed by atoms with Gasteiger partial charge in [-0.25, -0.2) is 13.4 Å². The molecule has 1 fully saturated rings. The highest BCUT2D eigenvalue weighted by Gasteiger charge is 2.29. The van der Waals surface area contributed by atoms with Gasteiger partial charge < -0.3 is 4.90 Å². The van der Waals surface area contributed by atoms with Gasteiger partial charge in [0.2, 0.25) is 0 Å². The first kappa shape index (κ1) is 15.6. The van der Waals surface area contributed by atoms with Crippen molar-refractivity contribution in [2.45, 2.75) is 24.2 Å². The topological polar surface area (TPSA) is 74.7 Å². The van der Waals surface area contributed by atoms with Gasteiger partial charge in [-0.3, -0.25) is 9.71 Å². The van der Waals surface area contributed by atoms with Crippen molar-refractivity contribution in [1.82, 2.24) is 9.71 Å². The minimum absolute atomic E-state index is 0.300. The Morgan fingerprint density at radius 3 is 2.88 bits per heavy atom. The van der Waals surface area contributed by atoms with Crippen molar-refractivity contribution in [3.8, 4) is 0 Å². The zero-order valence-corrected chi connectivity index (χ0v) is 14.7. The van der Waals surface area contributed by atoms with E-state index < -0.39 is 10.0 Å². The molecule has 3 heterocycles. The summed E-state index contributed by atoms with van der Waals surface area (Å²) in [4.78, 5) is 11.7. The van der Waals surface area contributed by atoms with Crippen LogP contribution in [0.1, 0.15) is 24.1 Å². The number of nitrogens with one attached hydrogen (secondary N) is 1. The lowest BCUT2D eigenvalue weighted by atomic mass is 10.2. The van der Waals surface area contributed by atoms with Crippen LogP contribution in [0.25, 0.3) is 0 Å². The van der Waals surface area contributed by atoms with Crippen LogP contribution >= 0.6 is 11.3 Å². The number of hydrogen-bond acceptors (Lipinski definition) is 6. The molecule has 126 valence electrons. The van der Waals surface area contributed by atoms with Crippen molar-refractivity contribution in [2.24, 2.45) is 4.99 Å². The lowest BCUT2D eigenvalue weighted by molar-refractivity contribution is 0.595. The van der Waals surface area contributed by atoms with Crippen molar-refractivity contribution in [1.29, 1.82) is 0 Å². The molecule has 0 atom stereocenters. The first-order valence-corrected chi connectivity index (χ1v) is 10.4. The Kier molecular flexibility index (Phi) is 4.01. The average Bonchev–Trinajstić information content (AvgIpc) is 3.28. The van der Waals surface area contributed by atoms with Crippen molar-refractivity contribution in [2.75, 3.05) is 24.5 Å². The summed E-state index contributed by atoms with van der Waals surface area (Å²) >= 11 is 1.67. The normalized spacial score (nSPS) is 20.3. The second-order valence-electron chi connectivity index (χ2n) is 5.90. The maximum absolute atomic E-state index is 12.0. The Morgan fingerprint density at radius 2 is 2.04 bits per heavy atom. The van der Waals surface area contributed by atoms with Gasteiger partial charge in [-0.2, -0.15) is 0 Å². The number of aromatic nitrogens is 1. The van der Waals surface area contributed by atoms with E-state index in [1.807, 2.05) is 6.07 Å². The molecule has 4 rings (SSSR count). The van der Waals surface area contributed by atoms with E-state index in [1.165, 1.54) is 12.8 Å². The van der Waals surface area contributed by atoms with Crippen LogP contribution in [0.2, 0.25) is 0 Å². The highest BCUT2D eigenvalue weighted by Crippen LogP contribution is 2.25. The van der Waals surface area contributed by atoms with Crippen LogP contribution < -0.4 is 9.62 Å². The third-order valence-corrected chi connectivity index (χ3v) is 6.56. The summed E-state index contributed by atoms with van der Waals surface area (Å²) < 4.78 is 26.6.